The Morgan fingerprint density at radius 1 is 1.29 bits per heavy atom. The van der Waals surface area contributed by atoms with Crippen LogP contribution in [0.1, 0.15) is 26.5 Å². The molecule has 0 atom stereocenters. The highest BCUT2D eigenvalue weighted by Crippen LogP contribution is 2.28. The molecule has 1 N–H and O–H groups in total. The van der Waals surface area contributed by atoms with Crippen molar-refractivity contribution in [3.63, 3.8) is 0 Å². The third kappa shape index (κ3) is 7.16. The van der Waals surface area contributed by atoms with Gasteiger partial charge < -0.3 is 10.2 Å². The molecule has 134 valence electrons. The van der Waals surface area contributed by atoms with Gasteiger partial charge in [-0.25, -0.2) is 9.97 Å². The molecule has 0 aromatic carbocycles. The maximum Gasteiger partial charge on any atom is 0.433 e. The first kappa shape index (κ1) is 20.2. The molecule has 1 aromatic rings. The van der Waals surface area contributed by atoms with Crippen LogP contribution in [0.15, 0.2) is 17.4 Å². The maximum absolute atomic E-state index is 12.6. The number of alkyl halides is 3. The van der Waals surface area contributed by atoms with Crippen LogP contribution < -0.4 is 5.32 Å². The largest absolute Gasteiger partial charge is 0.433 e. The minimum Gasteiger partial charge on any atom is -0.350 e. The third-order valence-electron chi connectivity index (χ3n) is 2.57. The van der Waals surface area contributed by atoms with Crippen molar-refractivity contribution in [3.8, 4) is 0 Å². The smallest absolute Gasteiger partial charge is 0.350 e. The van der Waals surface area contributed by atoms with Crippen LogP contribution in [0.2, 0.25) is 0 Å². The van der Waals surface area contributed by atoms with Crippen molar-refractivity contribution in [2.75, 3.05) is 19.3 Å². The second-order valence-electron chi connectivity index (χ2n) is 6.06. The first-order valence-electron chi connectivity index (χ1n) is 6.96. The van der Waals surface area contributed by atoms with Crippen molar-refractivity contribution in [1.29, 1.82) is 0 Å². The van der Waals surface area contributed by atoms with Gasteiger partial charge in [0.05, 0.1) is 12.3 Å². The van der Waals surface area contributed by atoms with Gasteiger partial charge in [0.25, 0.3) is 0 Å². The number of hydrogen-bond donors (Lipinski definition) is 1. The molecule has 0 unspecified atom stereocenters. The summed E-state index contributed by atoms with van der Waals surface area (Å²) in [7, 11) is 1.44. The zero-order valence-electron chi connectivity index (χ0n) is 13.8. The second-order valence-corrected chi connectivity index (χ2v) is 7.00. The van der Waals surface area contributed by atoms with Crippen LogP contribution in [0.4, 0.5) is 13.2 Å². The van der Waals surface area contributed by atoms with Crippen molar-refractivity contribution < 1.29 is 22.8 Å². The highest BCUT2D eigenvalue weighted by molar-refractivity contribution is 7.99. The summed E-state index contributed by atoms with van der Waals surface area (Å²) in [6.45, 7) is 5.30. The van der Waals surface area contributed by atoms with Gasteiger partial charge in [0.1, 0.15) is 5.69 Å². The number of carbonyl (C=O) groups is 2. The summed E-state index contributed by atoms with van der Waals surface area (Å²) in [6.07, 6.45) is -3.58. The standard InChI is InChI=1S/C14H19F3N4O2S/c1-13(2,3)20-10(22)7-21(4)11(23)8-24-12-18-6-5-9(19-12)14(15,16)17/h5-6H,7-8H2,1-4H3,(H,20,22). The predicted molar refractivity (Wildman–Crippen MR) is 83.3 cm³/mol. The molecule has 1 rings (SSSR count). The molecule has 0 aliphatic carbocycles. The van der Waals surface area contributed by atoms with Crippen LogP contribution in [0.3, 0.4) is 0 Å². The van der Waals surface area contributed by atoms with Crippen LogP contribution in [0, 0.1) is 0 Å². The van der Waals surface area contributed by atoms with Gasteiger partial charge in [-0.3, -0.25) is 9.59 Å². The summed E-state index contributed by atoms with van der Waals surface area (Å²) in [6, 6.07) is 0.759. The Morgan fingerprint density at radius 3 is 2.46 bits per heavy atom. The van der Waals surface area contributed by atoms with Crippen LogP contribution in [0.25, 0.3) is 0 Å². The number of nitrogens with one attached hydrogen (secondary N) is 1. The third-order valence-corrected chi connectivity index (χ3v) is 3.42. The summed E-state index contributed by atoms with van der Waals surface area (Å²) in [5, 5.41) is 2.57. The van der Waals surface area contributed by atoms with Crippen LogP contribution in [-0.4, -0.2) is 51.6 Å². The molecule has 0 radical (unpaired) electrons. The van der Waals surface area contributed by atoms with Crippen LogP contribution in [-0.2, 0) is 15.8 Å². The van der Waals surface area contributed by atoms with Gasteiger partial charge in [-0.05, 0) is 26.8 Å². The Balaban J connectivity index is 2.55. The van der Waals surface area contributed by atoms with Crippen molar-refractivity contribution in [2.24, 2.45) is 0 Å². The molecule has 10 heteroatoms. The molecule has 1 aromatic heterocycles. The lowest BCUT2D eigenvalue weighted by Crippen LogP contribution is -2.46. The minimum atomic E-state index is -4.57. The summed E-state index contributed by atoms with van der Waals surface area (Å²) in [4.78, 5) is 31.9. The summed E-state index contributed by atoms with van der Waals surface area (Å²) >= 11 is 0.782. The van der Waals surface area contributed by atoms with E-state index in [1.54, 1.807) is 0 Å². The van der Waals surface area contributed by atoms with Crippen molar-refractivity contribution in [3.05, 3.63) is 18.0 Å². The zero-order valence-corrected chi connectivity index (χ0v) is 14.6. The molecule has 0 bridgehead atoms. The normalized spacial score (nSPS) is 12.0. The lowest BCUT2D eigenvalue weighted by atomic mass is 10.1. The molecular formula is C14H19F3N4O2S. The second kappa shape index (κ2) is 7.82. The fourth-order valence-electron chi connectivity index (χ4n) is 1.57. The lowest BCUT2D eigenvalue weighted by Gasteiger charge is -2.23. The molecule has 0 aliphatic heterocycles. The SMILES string of the molecule is CN(CC(=O)NC(C)(C)C)C(=O)CSc1nccc(C(F)(F)F)n1. The first-order chi connectivity index (χ1) is 10.9. The van der Waals surface area contributed by atoms with E-state index in [4.69, 9.17) is 0 Å². The van der Waals surface area contributed by atoms with Gasteiger partial charge in [0.15, 0.2) is 5.16 Å². The molecule has 24 heavy (non-hydrogen) atoms. The van der Waals surface area contributed by atoms with E-state index in [1.165, 1.54) is 11.9 Å². The lowest BCUT2D eigenvalue weighted by molar-refractivity contribution is -0.141. The van der Waals surface area contributed by atoms with Gasteiger partial charge >= 0.3 is 6.18 Å². The molecule has 0 spiro atoms. The maximum atomic E-state index is 12.6. The Morgan fingerprint density at radius 2 is 1.92 bits per heavy atom. The topological polar surface area (TPSA) is 75.2 Å². The monoisotopic (exact) mass is 364 g/mol. The molecule has 6 nitrogen and oxygen atoms in total. The Labute approximate surface area is 142 Å². The molecule has 2 amide bonds. The number of carbonyl (C=O) groups excluding carboxylic acids is 2. The Bertz CT molecular complexity index is 602. The molecular weight excluding hydrogens is 345 g/mol. The average Bonchev–Trinajstić information content (AvgIpc) is 2.41. The number of nitrogens with zero attached hydrogens (tertiary/aromatic N) is 3. The van der Waals surface area contributed by atoms with E-state index in [0.717, 1.165) is 24.0 Å². The van der Waals surface area contributed by atoms with Crippen molar-refractivity contribution in [1.82, 2.24) is 20.2 Å². The molecule has 0 aliphatic rings. The highest BCUT2D eigenvalue weighted by atomic mass is 32.2. The number of halogens is 3. The molecule has 1 heterocycles. The molecule has 0 saturated carbocycles. The van der Waals surface area contributed by atoms with E-state index in [1.807, 2.05) is 20.8 Å². The highest BCUT2D eigenvalue weighted by Gasteiger charge is 2.32. The number of thioether (sulfide) groups is 1. The van der Waals surface area contributed by atoms with Crippen LogP contribution in [0.5, 0.6) is 0 Å². The quantitative estimate of drug-likeness (QED) is 0.639. The number of aromatic nitrogens is 2. The van der Waals surface area contributed by atoms with E-state index >= 15 is 0 Å². The summed E-state index contributed by atoms with van der Waals surface area (Å²) in [5.74, 6) is -0.899. The van der Waals surface area contributed by atoms with E-state index in [2.05, 4.69) is 15.3 Å². The summed E-state index contributed by atoms with van der Waals surface area (Å²) < 4.78 is 37.7. The fourth-order valence-corrected chi connectivity index (χ4v) is 2.34. The van der Waals surface area contributed by atoms with Crippen molar-refractivity contribution in [2.45, 2.75) is 37.6 Å². The van der Waals surface area contributed by atoms with Gasteiger partial charge in [-0.15, -0.1) is 0 Å². The Kier molecular flexibility index (Phi) is 6.58. The van der Waals surface area contributed by atoms with Crippen molar-refractivity contribution >= 4 is 23.6 Å². The summed E-state index contributed by atoms with van der Waals surface area (Å²) in [5.41, 5.74) is -1.48. The van der Waals surface area contributed by atoms with E-state index in [9.17, 15) is 22.8 Å². The number of rotatable bonds is 5. The van der Waals surface area contributed by atoms with Gasteiger partial charge in [-0.1, -0.05) is 11.8 Å². The minimum absolute atomic E-state index is 0.139. The molecule has 0 saturated heterocycles. The van der Waals surface area contributed by atoms with Gasteiger partial charge in [0.2, 0.25) is 11.8 Å². The average molecular weight is 364 g/mol. The predicted octanol–water partition coefficient (Wildman–Crippen LogP) is 1.96. The molecule has 0 fully saturated rings. The number of hydrogen-bond acceptors (Lipinski definition) is 5. The van der Waals surface area contributed by atoms with Gasteiger partial charge in [-0.2, -0.15) is 13.2 Å². The Hall–Kier alpha value is -1.84. The van der Waals surface area contributed by atoms with E-state index in [-0.39, 0.29) is 23.4 Å². The van der Waals surface area contributed by atoms with Crippen LogP contribution >= 0.6 is 11.8 Å². The fraction of sp³-hybridized carbons (Fsp3) is 0.571. The number of amides is 2. The van der Waals surface area contributed by atoms with E-state index in [0.29, 0.717) is 0 Å². The van der Waals surface area contributed by atoms with Gasteiger partial charge in [0, 0.05) is 18.8 Å². The number of likely N-dealkylation sites (N-methyl/N-ethyl adjacent to an activating group) is 1. The van der Waals surface area contributed by atoms with E-state index < -0.39 is 23.3 Å². The zero-order chi connectivity index (χ0) is 18.5. The first-order valence-corrected chi connectivity index (χ1v) is 7.95.